The highest BCUT2D eigenvalue weighted by Gasteiger charge is 2.28. The van der Waals surface area contributed by atoms with E-state index in [4.69, 9.17) is 0 Å². The highest BCUT2D eigenvalue weighted by atomic mass is 32.1. The van der Waals surface area contributed by atoms with Crippen LogP contribution in [-0.4, -0.2) is 18.7 Å². The molecule has 0 atom stereocenters. The highest BCUT2D eigenvalue weighted by molar-refractivity contribution is 7.20. The number of alkyl halides is 3. The first-order valence-electron chi connectivity index (χ1n) is 7.46. The molecule has 0 unspecified atom stereocenters. The Morgan fingerprint density at radius 2 is 1.80 bits per heavy atom. The smallest absolute Gasteiger partial charge is 0.422 e. The molecule has 2 aromatic carbocycles. The molecule has 0 spiro atoms. The number of benzene rings is 2. The first-order chi connectivity index (χ1) is 11.9. The molecule has 3 rings (SSSR count). The van der Waals surface area contributed by atoms with Crippen LogP contribution in [-0.2, 0) is 6.54 Å². The van der Waals surface area contributed by atoms with Gasteiger partial charge in [0.2, 0.25) is 0 Å². The molecule has 1 amide bonds. The summed E-state index contributed by atoms with van der Waals surface area (Å²) >= 11 is 1.41. The van der Waals surface area contributed by atoms with E-state index in [1.165, 1.54) is 23.5 Å². The summed E-state index contributed by atoms with van der Waals surface area (Å²) in [5.74, 6) is -0.0458. The molecule has 7 heteroatoms. The Kier molecular flexibility index (Phi) is 4.94. The van der Waals surface area contributed by atoms with E-state index in [1.807, 2.05) is 30.3 Å². The summed E-state index contributed by atoms with van der Waals surface area (Å²) in [5, 5.41) is 3.82. The van der Waals surface area contributed by atoms with Gasteiger partial charge in [-0.2, -0.15) is 13.2 Å². The summed E-state index contributed by atoms with van der Waals surface area (Å²) in [7, 11) is 0. The second kappa shape index (κ2) is 7.14. The summed E-state index contributed by atoms with van der Waals surface area (Å²) in [4.78, 5) is 12.8. The standard InChI is InChI=1S/C18H14F3NO2S/c19-18(20,21)11-24-14-7-5-12(6-8-14)10-22-17(23)16-9-13-3-1-2-4-15(13)25-16/h1-9H,10-11H2,(H,22,23). The summed E-state index contributed by atoms with van der Waals surface area (Å²) in [5.41, 5.74) is 0.772. The number of halogens is 3. The Balaban J connectivity index is 1.56. The lowest BCUT2D eigenvalue weighted by atomic mass is 10.2. The molecule has 1 aromatic heterocycles. The third-order valence-corrected chi connectivity index (χ3v) is 4.54. The van der Waals surface area contributed by atoms with E-state index >= 15 is 0 Å². The van der Waals surface area contributed by atoms with Gasteiger partial charge < -0.3 is 10.1 Å². The van der Waals surface area contributed by atoms with E-state index in [-0.39, 0.29) is 18.2 Å². The van der Waals surface area contributed by atoms with Gasteiger partial charge in [0.05, 0.1) is 4.88 Å². The lowest BCUT2D eigenvalue weighted by Gasteiger charge is -2.09. The molecule has 0 aliphatic carbocycles. The third kappa shape index (κ3) is 4.73. The topological polar surface area (TPSA) is 38.3 Å². The molecule has 130 valence electrons. The van der Waals surface area contributed by atoms with Crippen molar-refractivity contribution >= 4 is 27.3 Å². The summed E-state index contributed by atoms with van der Waals surface area (Å²) < 4.78 is 42.0. The first-order valence-corrected chi connectivity index (χ1v) is 8.28. The van der Waals surface area contributed by atoms with E-state index in [9.17, 15) is 18.0 Å². The van der Waals surface area contributed by atoms with Crippen LogP contribution in [0.1, 0.15) is 15.2 Å². The zero-order valence-electron chi connectivity index (χ0n) is 13.0. The largest absolute Gasteiger partial charge is 0.484 e. The van der Waals surface area contributed by atoms with E-state index in [0.717, 1.165) is 15.6 Å². The number of hydrogen-bond donors (Lipinski definition) is 1. The molecular formula is C18H14F3NO2S. The Morgan fingerprint density at radius 1 is 1.08 bits per heavy atom. The maximum atomic E-state index is 12.2. The molecule has 25 heavy (non-hydrogen) atoms. The van der Waals surface area contributed by atoms with Crippen LogP contribution in [0.2, 0.25) is 0 Å². The Bertz CT molecular complexity index is 839. The van der Waals surface area contributed by atoms with Gasteiger partial charge >= 0.3 is 6.18 Å². The maximum Gasteiger partial charge on any atom is 0.422 e. The van der Waals surface area contributed by atoms with Crippen molar-refractivity contribution in [2.75, 3.05) is 6.61 Å². The number of ether oxygens (including phenoxy) is 1. The van der Waals surface area contributed by atoms with E-state index in [1.54, 1.807) is 12.1 Å². The van der Waals surface area contributed by atoms with Gasteiger partial charge in [0.15, 0.2) is 6.61 Å². The fraction of sp³-hybridized carbons (Fsp3) is 0.167. The van der Waals surface area contributed by atoms with Crippen LogP contribution in [0.25, 0.3) is 10.1 Å². The lowest BCUT2D eigenvalue weighted by Crippen LogP contribution is -2.21. The van der Waals surface area contributed by atoms with E-state index in [0.29, 0.717) is 4.88 Å². The molecular weight excluding hydrogens is 351 g/mol. The fourth-order valence-corrected chi connectivity index (χ4v) is 3.21. The van der Waals surface area contributed by atoms with Crippen LogP contribution in [0, 0.1) is 0 Å². The van der Waals surface area contributed by atoms with Crippen LogP contribution in [0.3, 0.4) is 0 Å². The van der Waals surface area contributed by atoms with Gasteiger partial charge in [-0.1, -0.05) is 30.3 Å². The number of thiophene rings is 1. The summed E-state index contributed by atoms with van der Waals surface area (Å²) in [6.45, 7) is -1.04. The minimum atomic E-state index is -4.36. The molecule has 1 heterocycles. The van der Waals surface area contributed by atoms with Gasteiger partial charge in [0.1, 0.15) is 5.75 Å². The predicted octanol–water partition coefficient (Wildman–Crippen LogP) is 4.77. The lowest BCUT2D eigenvalue weighted by molar-refractivity contribution is -0.153. The van der Waals surface area contributed by atoms with Crippen LogP contribution in [0.5, 0.6) is 5.75 Å². The molecule has 3 nitrogen and oxygen atoms in total. The number of amides is 1. The molecule has 0 saturated heterocycles. The Morgan fingerprint density at radius 3 is 2.48 bits per heavy atom. The van der Waals surface area contributed by atoms with Crippen molar-refractivity contribution in [3.8, 4) is 5.75 Å². The molecule has 0 fully saturated rings. The number of hydrogen-bond acceptors (Lipinski definition) is 3. The summed E-state index contributed by atoms with van der Waals surface area (Å²) in [6, 6.07) is 15.7. The molecule has 0 saturated carbocycles. The minimum Gasteiger partial charge on any atom is -0.484 e. The number of rotatable bonds is 5. The van der Waals surface area contributed by atoms with E-state index in [2.05, 4.69) is 10.1 Å². The predicted molar refractivity (Wildman–Crippen MR) is 91.0 cm³/mol. The summed E-state index contributed by atoms with van der Waals surface area (Å²) in [6.07, 6.45) is -4.36. The van der Waals surface area contributed by atoms with Gasteiger partial charge in [0, 0.05) is 11.2 Å². The average Bonchev–Trinajstić information content (AvgIpc) is 3.02. The second-order valence-electron chi connectivity index (χ2n) is 5.38. The molecule has 0 bridgehead atoms. The zero-order chi connectivity index (χ0) is 17.9. The van der Waals surface area contributed by atoms with Crippen molar-refractivity contribution in [2.45, 2.75) is 12.7 Å². The van der Waals surface area contributed by atoms with Crippen molar-refractivity contribution in [3.63, 3.8) is 0 Å². The van der Waals surface area contributed by atoms with Crippen molar-refractivity contribution in [1.82, 2.24) is 5.32 Å². The van der Waals surface area contributed by atoms with Gasteiger partial charge in [-0.25, -0.2) is 0 Å². The third-order valence-electron chi connectivity index (χ3n) is 3.43. The van der Waals surface area contributed by atoms with Gasteiger partial charge in [-0.05, 0) is 35.2 Å². The average molecular weight is 365 g/mol. The van der Waals surface area contributed by atoms with Crippen LogP contribution in [0.15, 0.2) is 54.6 Å². The van der Waals surface area contributed by atoms with Crippen LogP contribution >= 0.6 is 11.3 Å². The number of nitrogens with one attached hydrogen (secondary N) is 1. The molecule has 3 aromatic rings. The zero-order valence-corrected chi connectivity index (χ0v) is 13.8. The van der Waals surface area contributed by atoms with Gasteiger partial charge in [-0.3, -0.25) is 4.79 Å². The Hall–Kier alpha value is -2.54. The Labute approximate surface area is 146 Å². The normalized spacial score (nSPS) is 11.5. The SMILES string of the molecule is O=C(NCc1ccc(OCC(F)(F)F)cc1)c1cc2ccccc2s1. The number of carbonyl (C=O) groups excluding carboxylic acids is 1. The van der Waals surface area contributed by atoms with Crippen molar-refractivity contribution in [2.24, 2.45) is 0 Å². The molecule has 0 aliphatic heterocycles. The monoisotopic (exact) mass is 365 g/mol. The van der Waals surface area contributed by atoms with Gasteiger partial charge in [0.25, 0.3) is 5.91 Å². The quantitative estimate of drug-likeness (QED) is 0.707. The fourth-order valence-electron chi connectivity index (χ4n) is 2.23. The van der Waals surface area contributed by atoms with Crippen molar-refractivity contribution < 1.29 is 22.7 Å². The van der Waals surface area contributed by atoms with E-state index < -0.39 is 12.8 Å². The highest BCUT2D eigenvalue weighted by Crippen LogP contribution is 2.25. The second-order valence-corrected chi connectivity index (χ2v) is 6.46. The molecule has 0 radical (unpaired) electrons. The van der Waals surface area contributed by atoms with Gasteiger partial charge in [-0.15, -0.1) is 11.3 Å². The number of carbonyl (C=O) groups is 1. The molecule has 1 N–H and O–H groups in total. The molecule has 0 aliphatic rings. The first kappa shape index (κ1) is 17.3. The minimum absolute atomic E-state index is 0.136. The van der Waals surface area contributed by atoms with Crippen LogP contribution < -0.4 is 10.1 Å². The number of fused-ring (bicyclic) bond motifs is 1. The van der Waals surface area contributed by atoms with Crippen molar-refractivity contribution in [1.29, 1.82) is 0 Å². The van der Waals surface area contributed by atoms with Crippen molar-refractivity contribution in [3.05, 3.63) is 65.0 Å². The maximum absolute atomic E-state index is 12.2. The van der Waals surface area contributed by atoms with Crippen LogP contribution in [0.4, 0.5) is 13.2 Å².